The lowest BCUT2D eigenvalue weighted by atomic mass is 10.2. The van der Waals surface area contributed by atoms with Crippen molar-refractivity contribution >= 4 is 11.0 Å². The molecule has 0 aliphatic carbocycles. The summed E-state index contributed by atoms with van der Waals surface area (Å²) < 4.78 is 10.9. The monoisotopic (exact) mass is 277 g/mol. The average Bonchev–Trinajstić information content (AvgIpc) is 2.88. The average molecular weight is 277 g/mol. The van der Waals surface area contributed by atoms with Crippen LogP contribution in [0.15, 0.2) is 34.7 Å². The van der Waals surface area contributed by atoms with Gasteiger partial charge in [0, 0.05) is 25.1 Å². The van der Waals surface area contributed by atoms with Crippen LogP contribution < -0.4 is 0 Å². The number of likely N-dealkylation sites (N-methyl/N-ethyl adjacent to an activating group) is 1. The van der Waals surface area contributed by atoms with Gasteiger partial charge in [-0.3, -0.25) is 4.90 Å². The van der Waals surface area contributed by atoms with Gasteiger partial charge in [0.1, 0.15) is 17.4 Å². The molecule has 4 nitrogen and oxygen atoms in total. The number of fused-ring (bicyclic) bond motifs is 1. The van der Waals surface area contributed by atoms with E-state index in [0.29, 0.717) is 18.9 Å². The summed E-state index contributed by atoms with van der Waals surface area (Å²) >= 11 is 0. The highest BCUT2D eigenvalue weighted by atomic mass is 16.5. The zero-order valence-electron chi connectivity index (χ0n) is 12.4. The van der Waals surface area contributed by atoms with Gasteiger partial charge in [0.2, 0.25) is 0 Å². The zero-order valence-corrected chi connectivity index (χ0v) is 12.4. The Bertz CT molecular complexity index is 504. The smallest absolute Gasteiger partial charge is 0.135 e. The number of aliphatic hydroxyl groups is 1. The van der Waals surface area contributed by atoms with Crippen molar-refractivity contribution in [3.63, 3.8) is 0 Å². The molecule has 0 radical (unpaired) electrons. The fourth-order valence-corrected chi connectivity index (χ4v) is 2.45. The summed E-state index contributed by atoms with van der Waals surface area (Å²) in [7, 11) is 1.69. The maximum absolute atomic E-state index is 10.4. The number of nitrogens with zero attached hydrogens (tertiary/aromatic N) is 1. The third kappa shape index (κ3) is 3.39. The summed E-state index contributed by atoms with van der Waals surface area (Å²) in [5.74, 6) is 0.620. The summed E-state index contributed by atoms with van der Waals surface area (Å²) in [4.78, 5) is 2.18. The molecule has 20 heavy (non-hydrogen) atoms. The van der Waals surface area contributed by atoms with Crippen LogP contribution in [-0.4, -0.2) is 42.9 Å². The van der Waals surface area contributed by atoms with Crippen LogP contribution in [0.25, 0.3) is 11.0 Å². The van der Waals surface area contributed by atoms with Crippen LogP contribution >= 0.6 is 0 Å². The first-order valence-electron chi connectivity index (χ1n) is 7.05. The Labute approximate surface area is 119 Å². The lowest BCUT2D eigenvalue weighted by molar-refractivity contribution is 0.0502. The van der Waals surface area contributed by atoms with Gasteiger partial charge in [0.05, 0.1) is 6.61 Å². The molecule has 0 saturated heterocycles. The number of rotatable bonds is 7. The van der Waals surface area contributed by atoms with Crippen molar-refractivity contribution in [3.05, 3.63) is 36.1 Å². The minimum Gasteiger partial charge on any atom is -0.458 e. The van der Waals surface area contributed by atoms with E-state index >= 15 is 0 Å². The van der Waals surface area contributed by atoms with Gasteiger partial charge in [-0.1, -0.05) is 25.1 Å². The molecule has 2 unspecified atom stereocenters. The molecule has 2 aromatic rings. The second kappa shape index (κ2) is 6.88. The molecule has 110 valence electrons. The van der Waals surface area contributed by atoms with E-state index in [2.05, 4.69) is 18.7 Å². The van der Waals surface area contributed by atoms with Gasteiger partial charge in [0.15, 0.2) is 0 Å². The topological polar surface area (TPSA) is 45.8 Å². The van der Waals surface area contributed by atoms with E-state index in [0.717, 1.165) is 17.5 Å². The van der Waals surface area contributed by atoms with Gasteiger partial charge in [-0.15, -0.1) is 0 Å². The zero-order chi connectivity index (χ0) is 14.5. The van der Waals surface area contributed by atoms with E-state index in [1.807, 2.05) is 30.3 Å². The van der Waals surface area contributed by atoms with Gasteiger partial charge < -0.3 is 14.3 Å². The molecule has 2 atom stereocenters. The van der Waals surface area contributed by atoms with E-state index in [1.165, 1.54) is 0 Å². The van der Waals surface area contributed by atoms with Crippen LogP contribution in [0.5, 0.6) is 0 Å². The summed E-state index contributed by atoms with van der Waals surface area (Å²) in [5, 5.41) is 11.4. The standard InChI is InChI=1S/C16H23NO3/c1-4-17(12(2)11-19-3)10-14(18)16-9-13-7-5-6-8-15(13)20-16/h5-9,12,14,18H,4,10-11H2,1-3H3. The lowest BCUT2D eigenvalue weighted by Crippen LogP contribution is -2.38. The molecule has 0 spiro atoms. The summed E-state index contributed by atoms with van der Waals surface area (Å²) in [6.45, 7) is 6.24. The van der Waals surface area contributed by atoms with E-state index in [4.69, 9.17) is 9.15 Å². The van der Waals surface area contributed by atoms with E-state index < -0.39 is 6.10 Å². The fourth-order valence-electron chi connectivity index (χ4n) is 2.45. The molecule has 0 fully saturated rings. The molecule has 1 aromatic heterocycles. The highest BCUT2D eigenvalue weighted by molar-refractivity contribution is 5.77. The van der Waals surface area contributed by atoms with Crippen LogP contribution in [0.2, 0.25) is 0 Å². The predicted octanol–water partition coefficient (Wildman–Crippen LogP) is 2.82. The second-order valence-electron chi connectivity index (χ2n) is 5.09. The normalized spacial score (nSPS) is 14.8. The number of methoxy groups -OCH3 is 1. The van der Waals surface area contributed by atoms with Gasteiger partial charge in [-0.2, -0.15) is 0 Å². The van der Waals surface area contributed by atoms with E-state index in [-0.39, 0.29) is 6.04 Å². The summed E-state index contributed by atoms with van der Waals surface area (Å²) in [6.07, 6.45) is -0.623. The summed E-state index contributed by atoms with van der Waals surface area (Å²) in [6, 6.07) is 9.98. The van der Waals surface area contributed by atoms with Crippen molar-refractivity contribution in [1.82, 2.24) is 4.90 Å². The number of ether oxygens (including phenoxy) is 1. The maximum Gasteiger partial charge on any atom is 0.135 e. The highest BCUT2D eigenvalue weighted by Gasteiger charge is 2.20. The molecule has 2 rings (SSSR count). The Balaban J connectivity index is 2.08. The largest absolute Gasteiger partial charge is 0.458 e. The van der Waals surface area contributed by atoms with Crippen molar-refractivity contribution in [2.45, 2.75) is 26.0 Å². The second-order valence-corrected chi connectivity index (χ2v) is 5.09. The Morgan fingerprint density at radius 1 is 1.35 bits per heavy atom. The SMILES string of the molecule is CCN(CC(O)c1cc2ccccc2o1)C(C)COC. The van der Waals surface area contributed by atoms with Crippen LogP contribution in [0, 0.1) is 0 Å². The Kier molecular flexibility index (Phi) is 5.17. The van der Waals surface area contributed by atoms with Gasteiger partial charge >= 0.3 is 0 Å². The van der Waals surface area contributed by atoms with Crippen LogP contribution in [-0.2, 0) is 4.74 Å². The fraction of sp³-hybridized carbons (Fsp3) is 0.500. The number of furan rings is 1. The van der Waals surface area contributed by atoms with Crippen molar-refractivity contribution in [3.8, 4) is 0 Å². The molecule has 1 aromatic carbocycles. The first-order chi connectivity index (χ1) is 9.65. The first kappa shape index (κ1) is 15.0. The van der Waals surface area contributed by atoms with E-state index in [1.54, 1.807) is 7.11 Å². The van der Waals surface area contributed by atoms with Gasteiger partial charge in [-0.25, -0.2) is 0 Å². The first-order valence-corrected chi connectivity index (χ1v) is 7.05. The van der Waals surface area contributed by atoms with Crippen molar-refractivity contribution < 1.29 is 14.3 Å². The Morgan fingerprint density at radius 3 is 2.75 bits per heavy atom. The number of benzene rings is 1. The van der Waals surface area contributed by atoms with Gasteiger partial charge in [-0.05, 0) is 25.6 Å². The minimum atomic E-state index is -0.623. The Hall–Kier alpha value is -1.36. The van der Waals surface area contributed by atoms with Crippen molar-refractivity contribution in [2.75, 3.05) is 26.8 Å². The minimum absolute atomic E-state index is 0.268. The number of aliphatic hydroxyl groups excluding tert-OH is 1. The Morgan fingerprint density at radius 2 is 2.10 bits per heavy atom. The van der Waals surface area contributed by atoms with Crippen molar-refractivity contribution in [2.24, 2.45) is 0 Å². The highest BCUT2D eigenvalue weighted by Crippen LogP contribution is 2.24. The molecule has 0 aliphatic heterocycles. The predicted molar refractivity (Wildman–Crippen MR) is 79.8 cm³/mol. The van der Waals surface area contributed by atoms with Gasteiger partial charge in [0.25, 0.3) is 0 Å². The maximum atomic E-state index is 10.4. The van der Waals surface area contributed by atoms with Crippen LogP contribution in [0.1, 0.15) is 25.7 Å². The lowest BCUT2D eigenvalue weighted by Gasteiger charge is -2.28. The molecular weight excluding hydrogens is 254 g/mol. The number of hydrogen-bond donors (Lipinski definition) is 1. The molecule has 0 bridgehead atoms. The van der Waals surface area contributed by atoms with Crippen LogP contribution in [0.3, 0.4) is 0 Å². The molecule has 0 saturated carbocycles. The van der Waals surface area contributed by atoms with Crippen LogP contribution in [0.4, 0.5) is 0 Å². The number of hydrogen-bond acceptors (Lipinski definition) is 4. The van der Waals surface area contributed by atoms with E-state index in [9.17, 15) is 5.11 Å². The third-order valence-electron chi connectivity index (χ3n) is 3.62. The quantitative estimate of drug-likeness (QED) is 0.845. The molecule has 1 heterocycles. The molecule has 4 heteroatoms. The number of para-hydroxylation sites is 1. The summed E-state index contributed by atoms with van der Waals surface area (Å²) in [5.41, 5.74) is 0.814. The molecule has 0 amide bonds. The van der Waals surface area contributed by atoms with Crippen molar-refractivity contribution in [1.29, 1.82) is 0 Å². The molecule has 1 N–H and O–H groups in total. The molecule has 0 aliphatic rings. The molecular formula is C16H23NO3. The third-order valence-corrected chi connectivity index (χ3v) is 3.62.